The average molecular weight is 284 g/mol. The Morgan fingerprint density at radius 3 is 2.14 bits per heavy atom. The highest BCUT2D eigenvalue weighted by Crippen LogP contribution is 2.27. The van der Waals surface area contributed by atoms with Crippen molar-refractivity contribution in [2.24, 2.45) is 0 Å². The average Bonchev–Trinajstić information content (AvgIpc) is 2.44. The van der Waals surface area contributed by atoms with Crippen molar-refractivity contribution >= 4 is 0 Å². The van der Waals surface area contributed by atoms with Gasteiger partial charge in [-0.2, -0.15) is 0 Å². The van der Waals surface area contributed by atoms with E-state index >= 15 is 0 Å². The van der Waals surface area contributed by atoms with Crippen molar-refractivity contribution in [3.63, 3.8) is 0 Å². The number of aliphatic hydroxyl groups excluding tert-OH is 1. The molecule has 0 spiro atoms. The predicted octanol–water partition coefficient (Wildman–Crippen LogP) is 4.42. The second-order valence-corrected chi connectivity index (χ2v) is 5.88. The largest absolute Gasteiger partial charge is 0.487 e. The first-order valence-electron chi connectivity index (χ1n) is 7.37. The SMILES string of the molecule is Cc1ccc(C(O)C(C)Oc2cc(C)cc(C)c2C)cc1. The molecule has 0 radical (unpaired) electrons. The summed E-state index contributed by atoms with van der Waals surface area (Å²) in [5.74, 6) is 0.853. The van der Waals surface area contributed by atoms with Gasteiger partial charge in [-0.15, -0.1) is 0 Å². The first-order chi connectivity index (χ1) is 9.88. The van der Waals surface area contributed by atoms with Gasteiger partial charge in [0.05, 0.1) is 0 Å². The summed E-state index contributed by atoms with van der Waals surface area (Å²) < 4.78 is 6.00. The van der Waals surface area contributed by atoms with E-state index in [2.05, 4.69) is 26.8 Å². The van der Waals surface area contributed by atoms with E-state index < -0.39 is 6.10 Å². The molecule has 2 heteroatoms. The smallest absolute Gasteiger partial charge is 0.126 e. The van der Waals surface area contributed by atoms with Gasteiger partial charge in [0.1, 0.15) is 18.0 Å². The van der Waals surface area contributed by atoms with E-state index in [0.29, 0.717) is 0 Å². The summed E-state index contributed by atoms with van der Waals surface area (Å²) in [7, 11) is 0. The Hall–Kier alpha value is -1.80. The lowest BCUT2D eigenvalue weighted by molar-refractivity contribution is 0.0463. The van der Waals surface area contributed by atoms with Gasteiger partial charge in [-0.3, -0.25) is 0 Å². The Labute approximate surface area is 127 Å². The van der Waals surface area contributed by atoms with Gasteiger partial charge < -0.3 is 9.84 Å². The van der Waals surface area contributed by atoms with Crippen LogP contribution in [0.1, 0.15) is 40.8 Å². The van der Waals surface area contributed by atoms with Gasteiger partial charge in [0.2, 0.25) is 0 Å². The topological polar surface area (TPSA) is 29.5 Å². The number of aliphatic hydroxyl groups is 1. The van der Waals surface area contributed by atoms with Crippen LogP contribution >= 0.6 is 0 Å². The monoisotopic (exact) mass is 284 g/mol. The normalized spacial score (nSPS) is 13.8. The van der Waals surface area contributed by atoms with E-state index in [-0.39, 0.29) is 6.10 Å². The number of aryl methyl sites for hydroxylation is 3. The van der Waals surface area contributed by atoms with Gasteiger partial charge in [-0.25, -0.2) is 0 Å². The third-order valence-electron chi connectivity index (χ3n) is 3.94. The zero-order valence-corrected chi connectivity index (χ0v) is 13.5. The molecule has 0 saturated heterocycles. The van der Waals surface area contributed by atoms with E-state index in [1.54, 1.807) is 0 Å². The van der Waals surface area contributed by atoms with E-state index in [4.69, 9.17) is 4.74 Å². The minimum absolute atomic E-state index is 0.299. The van der Waals surface area contributed by atoms with Crippen molar-refractivity contribution in [3.05, 3.63) is 64.2 Å². The molecule has 2 nitrogen and oxygen atoms in total. The van der Waals surface area contributed by atoms with E-state index in [1.807, 2.05) is 44.2 Å². The first kappa shape index (κ1) is 15.6. The lowest BCUT2D eigenvalue weighted by Crippen LogP contribution is -2.22. The maximum Gasteiger partial charge on any atom is 0.126 e. The van der Waals surface area contributed by atoms with Crippen LogP contribution in [-0.2, 0) is 0 Å². The van der Waals surface area contributed by atoms with Crippen molar-refractivity contribution in [1.82, 2.24) is 0 Å². The summed E-state index contributed by atoms with van der Waals surface area (Å²) in [5.41, 5.74) is 5.58. The van der Waals surface area contributed by atoms with Crippen LogP contribution in [0.25, 0.3) is 0 Å². The third-order valence-corrected chi connectivity index (χ3v) is 3.94. The van der Waals surface area contributed by atoms with E-state index in [1.165, 1.54) is 16.7 Å². The second kappa shape index (κ2) is 6.31. The van der Waals surface area contributed by atoms with Crippen molar-refractivity contribution in [2.75, 3.05) is 0 Å². The van der Waals surface area contributed by atoms with Crippen LogP contribution in [-0.4, -0.2) is 11.2 Å². The van der Waals surface area contributed by atoms with Crippen molar-refractivity contribution in [2.45, 2.75) is 46.8 Å². The van der Waals surface area contributed by atoms with Gasteiger partial charge >= 0.3 is 0 Å². The Morgan fingerprint density at radius 2 is 1.52 bits per heavy atom. The quantitative estimate of drug-likeness (QED) is 0.900. The van der Waals surface area contributed by atoms with Crippen LogP contribution in [0.15, 0.2) is 36.4 Å². The molecule has 0 saturated carbocycles. The lowest BCUT2D eigenvalue weighted by atomic mass is 10.0. The van der Waals surface area contributed by atoms with Crippen LogP contribution in [0.4, 0.5) is 0 Å². The molecule has 0 fully saturated rings. The molecule has 0 aromatic heterocycles. The zero-order valence-electron chi connectivity index (χ0n) is 13.5. The van der Waals surface area contributed by atoms with Crippen LogP contribution in [0, 0.1) is 27.7 Å². The number of hydrogen-bond donors (Lipinski definition) is 1. The summed E-state index contributed by atoms with van der Waals surface area (Å²) in [6, 6.07) is 12.1. The number of ether oxygens (including phenoxy) is 1. The molecule has 0 aliphatic heterocycles. The van der Waals surface area contributed by atoms with E-state index in [0.717, 1.165) is 16.9 Å². The fourth-order valence-corrected chi connectivity index (χ4v) is 2.42. The highest BCUT2D eigenvalue weighted by Gasteiger charge is 2.19. The molecule has 1 N–H and O–H groups in total. The Bertz CT molecular complexity index is 614. The zero-order chi connectivity index (χ0) is 15.6. The van der Waals surface area contributed by atoms with Crippen molar-refractivity contribution < 1.29 is 9.84 Å². The first-order valence-corrected chi connectivity index (χ1v) is 7.37. The van der Waals surface area contributed by atoms with Gasteiger partial charge in [0.25, 0.3) is 0 Å². The maximum absolute atomic E-state index is 10.4. The number of rotatable bonds is 4. The molecular formula is C19H24O2. The Morgan fingerprint density at radius 1 is 0.905 bits per heavy atom. The fraction of sp³-hybridized carbons (Fsp3) is 0.368. The molecule has 2 atom stereocenters. The highest BCUT2D eigenvalue weighted by atomic mass is 16.5. The minimum Gasteiger partial charge on any atom is -0.487 e. The van der Waals surface area contributed by atoms with Gasteiger partial charge in [-0.1, -0.05) is 35.9 Å². The van der Waals surface area contributed by atoms with Crippen LogP contribution in [0.3, 0.4) is 0 Å². The summed E-state index contributed by atoms with van der Waals surface area (Å²) in [6.45, 7) is 10.1. The minimum atomic E-state index is -0.634. The maximum atomic E-state index is 10.4. The fourth-order valence-electron chi connectivity index (χ4n) is 2.42. The molecule has 112 valence electrons. The number of hydrogen-bond acceptors (Lipinski definition) is 2. The number of benzene rings is 2. The molecule has 2 aromatic rings. The Kier molecular flexibility index (Phi) is 4.69. The molecule has 0 bridgehead atoms. The lowest BCUT2D eigenvalue weighted by Gasteiger charge is -2.23. The molecule has 2 rings (SSSR count). The van der Waals surface area contributed by atoms with Gasteiger partial charge in [0, 0.05) is 0 Å². The van der Waals surface area contributed by atoms with Gasteiger partial charge in [-0.05, 0) is 62.9 Å². The standard InChI is InChI=1S/C19H24O2/c1-12-6-8-17(9-7-12)19(20)16(5)21-18-11-13(2)10-14(3)15(18)4/h6-11,16,19-20H,1-5H3. The molecule has 0 heterocycles. The molecule has 2 unspecified atom stereocenters. The van der Waals surface area contributed by atoms with Crippen LogP contribution < -0.4 is 4.74 Å². The summed E-state index contributed by atoms with van der Waals surface area (Å²) in [5, 5.41) is 10.4. The van der Waals surface area contributed by atoms with Crippen molar-refractivity contribution in [1.29, 1.82) is 0 Å². The molecule has 2 aromatic carbocycles. The molecule has 0 amide bonds. The molecular weight excluding hydrogens is 260 g/mol. The van der Waals surface area contributed by atoms with Crippen LogP contribution in [0.2, 0.25) is 0 Å². The van der Waals surface area contributed by atoms with Crippen LogP contribution in [0.5, 0.6) is 5.75 Å². The molecule has 0 aliphatic carbocycles. The highest BCUT2D eigenvalue weighted by molar-refractivity contribution is 5.42. The second-order valence-electron chi connectivity index (χ2n) is 5.88. The molecule has 21 heavy (non-hydrogen) atoms. The van der Waals surface area contributed by atoms with Gasteiger partial charge in [0.15, 0.2) is 0 Å². The van der Waals surface area contributed by atoms with Crippen molar-refractivity contribution in [3.8, 4) is 5.75 Å². The molecule has 0 aliphatic rings. The predicted molar refractivity (Wildman–Crippen MR) is 86.9 cm³/mol. The third kappa shape index (κ3) is 3.64. The summed E-state index contributed by atoms with van der Waals surface area (Å²) in [4.78, 5) is 0. The van der Waals surface area contributed by atoms with E-state index in [9.17, 15) is 5.11 Å². The summed E-state index contributed by atoms with van der Waals surface area (Å²) in [6.07, 6.45) is -0.932. The Balaban J connectivity index is 2.17. The summed E-state index contributed by atoms with van der Waals surface area (Å²) >= 11 is 0.